The van der Waals surface area contributed by atoms with E-state index < -0.39 is 0 Å². The minimum atomic E-state index is -0.0288. The number of benzene rings is 2. The van der Waals surface area contributed by atoms with Crippen molar-refractivity contribution in [3.63, 3.8) is 0 Å². The average molecular weight is 312 g/mol. The molecule has 2 aromatic carbocycles. The topological polar surface area (TPSA) is 41.6 Å². The zero-order valence-corrected chi connectivity index (χ0v) is 13.8. The Hall–Kier alpha value is -2.33. The normalized spacial score (nSPS) is 10.6. The van der Waals surface area contributed by atoms with E-state index in [-0.39, 0.29) is 5.91 Å². The lowest BCUT2D eigenvalue weighted by Gasteiger charge is -2.21. The Labute approximate surface area is 138 Å². The molecule has 4 heteroatoms. The number of nitrogens with one attached hydrogen (secondary N) is 1. The van der Waals surface area contributed by atoms with Crippen LogP contribution in [-0.2, 0) is 11.3 Å². The molecule has 0 aromatic heterocycles. The first-order chi connectivity index (χ1) is 11.2. The van der Waals surface area contributed by atoms with E-state index >= 15 is 0 Å². The van der Waals surface area contributed by atoms with Gasteiger partial charge in [0.25, 0.3) is 0 Å². The van der Waals surface area contributed by atoms with Crippen LogP contribution in [0.15, 0.2) is 54.6 Å². The lowest BCUT2D eigenvalue weighted by Crippen LogP contribution is -2.33. The second-order valence-corrected chi connectivity index (χ2v) is 5.44. The summed E-state index contributed by atoms with van der Waals surface area (Å²) in [5.74, 6) is 0.643. The number of carbonyl (C=O) groups excluding carboxylic acids is 1. The van der Waals surface area contributed by atoms with E-state index in [0.717, 1.165) is 19.5 Å². The van der Waals surface area contributed by atoms with Crippen molar-refractivity contribution in [2.45, 2.75) is 19.9 Å². The number of carbonyl (C=O) groups is 1. The zero-order valence-electron chi connectivity index (χ0n) is 13.8. The molecular weight excluding hydrogens is 288 g/mol. The first-order valence-electron chi connectivity index (χ1n) is 7.92. The van der Waals surface area contributed by atoms with Gasteiger partial charge in [-0.25, -0.2) is 0 Å². The number of hydrogen-bond donors (Lipinski definition) is 1. The largest absolute Gasteiger partial charge is 0.495 e. The molecule has 0 aliphatic rings. The monoisotopic (exact) mass is 312 g/mol. The summed E-state index contributed by atoms with van der Waals surface area (Å²) < 4.78 is 5.27. The van der Waals surface area contributed by atoms with E-state index in [2.05, 4.69) is 29.3 Å². The maximum absolute atomic E-state index is 12.3. The highest BCUT2D eigenvalue weighted by atomic mass is 16.5. The quantitative estimate of drug-likeness (QED) is 0.810. The number of hydrogen-bond acceptors (Lipinski definition) is 3. The minimum Gasteiger partial charge on any atom is -0.495 e. The highest BCUT2D eigenvalue weighted by Crippen LogP contribution is 2.22. The van der Waals surface area contributed by atoms with Crippen LogP contribution in [0, 0.1) is 0 Å². The van der Waals surface area contributed by atoms with Gasteiger partial charge in [0.2, 0.25) is 5.91 Å². The van der Waals surface area contributed by atoms with Crippen LogP contribution >= 0.6 is 0 Å². The summed E-state index contributed by atoms with van der Waals surface area (Å²) in [6, 6.07) is 17.7. The number of methoxy groups -OCH3 is 1. The van der Waals surface area contributed by atoms with Gasteiger partial charge in [0, 0.05) is 6.54 Å². The highest BCUT2D eigenvalue weighted by Gasteiger charge is 2.12. The van der Waals surface area contributed by atoms with Gasteiger partial charge in [0.05, 0.1) is 19.3 Å². The number of nitrogens with zero attached hydrogens (tertiary/aromatic N) is 1. The Balaban J connectivity index is 1.97. The molecular formula is C19H24N2O2. The SMILES string of the molecule is CCCN(CC(=O)Nc1ccccc1OC)Cc1ccccc1. The third kappa shape index (κ3) is 5.42. The summed E-state index contributed by atoms with van der Waals surface area (Å²) in [4.78, 5) is 14.5. The lowest BCUT2D eigenvalue weighted by atomic mass is 10.2. The van der Waals surface area contributed by atoms with Crippen molar-refractivity contribution in [1.82, 2.24) is 4.90 Å². The summed E-state index contributed by atoms with van der Waals surface area (Å²) in [6.07, 6.45) is 1.01. The van der Waals surface area contributed by atoms with Crippen molar-refractivity contribution in [2.75, 3.05) is 25.5 Å². The van der Waals surface area contributed by atoms with Gasteiger partial charge in [-0.2, -0.15) is 0 Å². The lowest BCUT2D eigenvalue weighted by molar-refractivity contribution is -0.117. The molecule has 0 aliphatic heterocycles. The number of rotatable bonds is 8. The molecule has 4 nitrogen and oxygen atoms in total. The molecule has 23 heavy (non-hydrogen) atoms. The van der Waals surface area contributed by atoms with E-state index in [4.69, 9.17) is 4.74 Å². The summed E-state index contributed by atoms with van der Waals surface area (Å²) in [7, 11) is 1.60. The maximum Gasteiger partial charge on any atom is 0.238 e. The first kappa shape index (κ1) is 17.0. The number of ether oxygens (including phenoxy) is 1. The molecule has 0 unspecified atom stereocenters. The Kier molecular flexibility index (Phi) is 6.63. The maximum atomic E-state index is 12.3. The standard InChI is InChI=1S/C19H24N2O2/c1-3-13-21(14-16-9-5-4-6-10-16)15-19(22)20-17-11-7-8-12-18(17)23-2/h4-12H,3,13-15H2,1-2H3,(H,20,22). The fourth-order valence-electron chi connectivity index (χ4n) is 2.51. The van der Waals surface area contributed by atoms with Crippen LogP contribution in [-0.4, -0.2) is 31.0 Å². The van der Waals surface area contributed by atoms with E-state index in [1.807, 2.05) is 42.5 Å². The Bertz CT molecular complexity index is 614. The third-order valence-corrected chi connectivity index (χ3v) is 3.54. The van der Waals surface area contributed by atoms with Gasteiger partial charge in [-0.1, -0.05) is 49.4 Å². The molecule has 0 heterocycles. The average Bonchev–Trinajstić information content (AvgIpc) is 2.56. The summed E-state index contributed by atoms with van der Waals surface area (Å²) in [6.45, 7) is 4.14. The van der Waals surface area contributed by atoms with Crippen molar-refractivity contribution in [3.8, 4) is 5.75 Å². The molecule has 2 rings (SSSR count). The molecule has 0 bridgehead atoms. The van der Waals surface area contributed by atoms with Gasteiger partial charge in [-0.15, -0.1) is 0 Å². The van der Waals surface area contributed by atoms with Crippen molar-refractivity contribution in [3.05, 3.63) is 60.2 Å². The van der Waals surface area contributed by atoms with E-state index in [0.29, 0.717) is 18.0 Å². The minimum absolute atomic E-state index is 0.0288. The molecule has 0 spiro atoms. The molecule has 0 radical (unpaired) electrons. The van der Waals surface area contributed by atoms with E-state index in [1.165, 1.54) is 5.56 Å². The van der Waals surface area contributed by atoms with E-state index in [9.17, 15) is 4.79 Å². The molecule has 0 saturated carbocycles. The van der Waals surface area contributed by atoms with Crippen molar-refractivity contribution >= 4 is 11.6 Å². The van der Waals surface area contributed by atoms with Gasteiger partial charge in [-0.3, -0.25) is 9.69 Å². The highest BCUT2D eigenvalue weighted by molar-refractivity contribution is 5.93. The zero-order chi connectivity index (χ0) is 16.5. The Morgan fingerprint density at radius 3 is 2.48 bits per heavy atom. The number of para-hydroxylation sites is 2. The number of amides is 1. The molecule has 0 aliphatic carbocycles. The molecule has 122 valence electrons. The van der Waals surface area contributed by atoms with Crippen LogP contribution in [0.3, 0.4) is 0 Å². The van der Waals surface area contributed by atoms with Crippen LogP contribution in [0.4, 0.5) is 5.69 Å². The smallest absolute Gasteiger partial charge is 0.238 e. The van der Waals surface area contributed by atoms with Crippen LogP contribution < -0.4 is 10.1 Å². The third-order valence-electron chi connectivity index (χ3n) is 3.54. The van der Waals surface area contributed by atoms with Crippen molar-refractivity contribution in [1.29, 1.82) is 0 Å². The molecule has 2 aromatic rings. The Morgan fingerprint density at radius 2 is 1.78 bits per heavy atom. The van der Waals surface area contributed by atoms with Crippen molar-refractivity contribution in [2.24, 2.45) is 0 Å². The van der Waals surface area contributed by atoms with Crippen LogP contribution in [0.5, 0.6) is 5.75 Å². The van der Waals surface area contributed by atoms with Gasteiger partial charge in [0.1, 0.15) is 5.75 Å². The van der Waals surface area contributed by atoms with Gasteiger partial charge < -0.3 is 10.1 Å². The van der Waals surface area contributed by atoms with Gasteiger partial charge >= 0.3 is 0 Å². The predicted molar refractivity (Wildman–Crippen MR) is 93.6 cm³/mol. The predicted octanol–water partition coefficient (Wildman–Crippen LogP) is 3.55. The molecule has 0 atom stereocenters. The summed E-state index contributed by atoms with van der Waals surface area (Å²) in [5, 5.41) is 2.93. The van der Waals surface area contributed by atoms with Crippen molar-refractivity contribution < 1.29 is 9.53 Å². The number of anilines is 1. The van der Waals surface area contributed by atoms with Crippen LogP contribution in [0.25, 0.3) is 0 Å². The molecule has 0 saturated heterocycles. The Morgan fingerprint density at radius 1 is 1.09 bits per heavy atom. The molecule has 1 amide bonds. The summed E-state index contributed by atoms with van der Waals surface area (Å²) >= 11 is 0. The van der Waals surface area contributed by atoms with Crippen LogP contribution in [0.1, 0.15) is 18.9 Å². The second kappa shape index (κ2) is 8.96. The molecule has 0 fully saturated rings. The first-order valence-corrected chi connectivity index (χ1v) is 7.92. The van der Waals surface area contributed by atoms with Gasteiger partial charge in [0.15, 0.2) is 0 Å². The summed E-state index contributed by atoms with van der Waals surface area (Å²) in [5.41, 5.74) is 1.92. The second-order valence-electron chi connectivity index (χ2n) is 5.44. The fourth-order valence-corrected chi connectivity index (χ4v) is 2.51. The fraction of sp³-hybridized carbons (Fsp3) is 0.316. The van der Waals surface area contributed by atoms with E-state index in [1.54, 1.807) is 7.11 Å². The molecule has 1 N–H and O–H groups in total. The van der Waals surface area contributed by atoms with Gasteiger partial charge in [-0.05, 0) is 30.7 Å². The van der Waals surface area contributed by atoms with Crippen LogP contribution in [0.2, 0.25) is 0 Å².